The number of ketones is 1. The Morgan fingerprint density at radius 1 is 0.960 bits per heavy atom. The third kappa shape index (κ3) is 2.60. The molecule has 3 aromatic rings. The SMILES string of the molecule is O=C(c1cccc2nc(N[C@@H]3CCc4ccccc43)ccc12)C1CC1. The van der Waals surface area contributed by atoms with Crippen molar-refractivity contribution in [2.45, 2.75) is 31.7 Å². The van der Waals surface area contributed by atoms with Crippen molar-refractivity contribution >= 4 is 22.5 Å². The summed E-state index contributed by atoms with van der Waals surface area (Å²) in [6.45, 7) is 0. The fourth-order valence-electron chi connectivity index (χ4n) is 3.90. The van der Waals surface area contributed by atoms with Crippen LogP contribution in [-0.2, 0) is 6.42 Å². The van der Waals surface area contributed by atoms with Crippen LogP contribution >= 0.6 is 0 Å². The van der Waals surface area contributed by atoms with Crippen LogP contribution in [0.4, 0.5) is 5.82 Å². The van der Waals surface area contributed by atoms with Crippen LogP contribution in [-0.4, -0.2) is 10.8 Å². The molecule has 1 aromatic heterocycles. The number of anilines is 1. The predicted molar refractivity (Wildman–Crippen MR) is 99.9 cm³/mol. The first kappa shape index (κ1) is 14.6. The van der Waals surface area contributed by atoms with Crippen molar-refractivity contribution in [3.8, 4) is 0 Å². The summed E-state index contributed by atoms with van der Waals surface area (Å²) in [5, 5.41) is 4.55. The van der Waals surface area contributed by atoms with Crippen molar-refractivity contribution in [2.24, 2.45) is 5.92 Å². The minimum Gasteiger partial charge on any atom is -0.363 e. The molecule has 0 radical (unpaired) electrons. The topological polar surface area (TPSA) is 42.0 Å². The van der Waals surface area contributed by atoms with Crippen LogP contribution < -0.4 is 5.32 Å². The van der Waals surface area contributed by atoms with Gasteiger partial charge in [-0.25, -0.2) is 4.98 Å². The summed E-state index contributed by atoms with van der Waals surface area (Å²) in [6, 6.07) is 18.9. The van der Waals surface area contributed by atoms with Gasteiger partial charge in [-0.2, -0.15) is 0 Å². The maximum absolute atomic E-state index is 12.5. The quantitative estimate of drug-likeness (QED) is 0.691. The number of aromatic nitrogens is 1. The lowest BCUT2D eigenvalue weighted by Crippen LogP contribution is -2.09. The maximum Gasteiger partial charge on any atom is 0.166 e. The van der Waals surface area contributed by atoms with Crippen molar-refractivity contribution in [1.82, 2.24) is 4.98 Å². The van der Waals surface area contributed by atoms with E-state index in [1.165, 1.54) is 11.1 Å². The number of Topliss-reactive ketones (excluding diaryl/α,β-unsaturated/α-hetero) is 1. The van der Waals surface area contributed by atoms with Crippen molar-refractivity contribution in [3.63, 3.8) is 0 Å². The molecule has 0 saturated heterocycles. The lowest BCUT2D eigenvalue weighted by molar-refractivity contribution is 0.0969. The van der Waals surface area contributed by atoms with Crippen molar-refractivity contribution in [3.05, 3.63) is 71.3 Å². The second kappa shape index (κ2) is 5.69. The van der Waals surface area contributed by atoms with E-state index in [0.717, 1.165) is 48.0 Å². The van der Waals surface area contributed by atoms with Crippen LogP contribution in [0.2, 0.25) is 0 Å². The summed E-state index contributed by atoms with van der Waals surface area (Å²) < 4.78 is 0. The number of fused-ring (bicyclic) bond motifs is 2. The second-order valence-electron chi connectivity index (χ2n) is 7.14. The number of rotatable bonds is 4. The largest absolute Gasteiger partial charge is 0.363 e. The Morgan fingerprint density at radius 3 is 2.72 bits per heavy atom. The Balaban J connectivity index is 1.46. The monoisotopic (exact) mass is 328 g/mol. The van der Waals surface area contributed by atoms with Gasteiger partial charge in [0.05, 0.1) is 11.6 Å². The molecule has 1 saturated carbocycles. The molecule has 3 nitrogen and oxygen atoms in total. The van der Waals surface area contributed by atoms with E-state index in [1.807, 2.05) is 30.3 Å². The fraction of sp³-hybridized carbons (Fsp3) is 0.273. The first-order chi connectivity index (χ1) is 12.3. The number of hydrogen-bond acceptors (Lipinski definition) is 3. The molecule has 0 amide bonds. The first-order valence-electron chi connectivity index (χ1n) is 9.08. The van der Waals surface area contributed by atoms with Crippen LogP contribution in [0.25, 0.3) is 10.9 Å². The molecule has 1 fully saturated rings. The van der Waals surface area contributed by atoms with E-state index in [9.17, 15) is 4.79 Å². The summed E-state index contributed by atoms with van der Waals surface area (Å²) in [5.74, 6) is 1.39. The lowest BCUT2D eigenvalue weighted by atomic mass is 10.0. The average Bonchev–Trinajstić information content (AvgIpc) is 3.43. The van der Waals surface area contributed by atoms with E-state index < -0.39 is 0 Å². The molecule has 1 N–H and O–H groups in total. The average molecular weight is 328 g/mol. The van der Waals surface area contributed by atoms with Gasteiger partial charge in [0.2, 0.25) is 0 Å². The molecule has 2 aromatic carbocycles. The maximum atomic E-state index is 12.5. The summed E-state index contributed by atoms with van der Waals surface area (Å²) in [5.41, 5.74) is 4.52. The molecule has 2 aliphatic carbocycles. The van der Waals surface area contributed by atoms with Gasteiger partial charge in [0, 0.05) is 16.9 Å². The molecular weight excluding hydrogens is 308 g/mol. The van der Waals surface area contributed by atoms with E-state index >= 15 is 0 Å². The Kier molecular flexibility index (Phi) is 3.34. The normalized spacial score (nSPS) is 19.0. The van der Waals surface area contributed by atoms with E-state index in [1.54, 1.807) is 0 Å². The van der Waals surface area contributed by atoms with E-state index in [0.29, 0.717) is 6.04 Å². The molecule has 0 spiro atoms. The van der Waals surface area contributed by atoms with Gasteiger partial charge in [-0.1, -0.05) is 36.4 Å². The molecule has 0 bridgehead atoms. The van der Waals surface area contributed by atoms with Crippen LogP contribution in [0.3, 0.4) is 0 Å². The molecule has 25 heavy (non-hydrogen) atoms. The van der Waals surface area contributed by atoms with Gasteiger partial charge >= 0.3 is 0 Å². The zero-order valence-corrected chi connectivity index (χ0v) is 14.0. The summed E-state index contributed by atoms with van der Waals surface area (Å²) >= 11 is 0. The summed E-state index contributed by atoms with van der Waals surface area (Å²) in [4.78, 5) is 17.2. The molecule has 124 valence electrons. The minimum atomic E-state index is 0.235. The summed E-state index contributed by atoms with van der Waals surface area (Å²) in [7, 11) is 0. The number of carbonyl (C=O) groups excluding carboxylic acids is 1. The van der Waals surface area contributed by atoms with Gasteiger partial charge in [0.15, 0.2) is 5.78 Å². The second-order valence-corrected chi connectivity index (χ2v) is 7.14. The van der Waals surface area contributed by atoms with Gasteiger partial charge in [0.1, 0.15) is 5.82 Å². The van der Waals surface area contributed by atoms with Crippen LogP contribution in [0.1, 0.15) is 46.8 Å². The summed E-state index contributed by atoms with van der Waals surface area (Å²) in [6.07, 6.45) is 4.27. The highest BCUT2D eigenvalue weighted by Crippen LogP contribution is 2.36. The minimum absolute atomic E-state index is 0.235. The predicted octanol–water partition coefficient (Wildman–Crippen LogP) is 4.93. The van der Waals surface area contributed by atoms with Gasteiger partial charge < -0.3 is 5.32 Å². The highest BCUT2D eigenvalue weighted by Gasteiger charge is 2.31. The highest BCUT2D eigenvalue weighted by atomic mass is 16.1. The van der Waals surface area contributed by atoms with Crippen LogP contribution in [0.15, 0.2) is 54.6 Å². The zero-order chi connectivity index (χ0) is 16.8. The Morgan fingerprint density at radius 2 is 1.84 bits per heavy atom. The van der Waals surface area contributed by atoms with Crippen molar-refractivity contribution in [1.29, 1.82) is 0 Å². The Labute approximate surface area is 147 Å². The first-order valence-corrected chi connectivity index (χ1v) is 9.08. The molecule has 0 unspecified atom stereocenters. The number of pyridine rings is 1. The van der Waals surface area contributed by atoms with Crippen LogP contribution in [0.5, 0.6) is 0 Å². The Bertz CT molecular complexity index is 975. The number of hydrogen-bond donors (Lipinski definition) is 1. The highest BCUT2D eigenvalue weighted by molar-refractivity contribution is 6.09. The van der Waals surface area contributed by atoms with E-state index in [2.05, 4.69) is 29.6 Å². The number of benzene rings is 2. The van der Waals surface area contributed by atoms with E-state index in [-0.39, 0.29) is 11.7 Å². The molecule has 5 rings (SSSR count). The number of aryl methyl sites for hydroxylation is 1. The third-order valence-electron chi connectivity index (χ3n) is 5.40. The van der Waals surface area contributed by atoms with Gasteiger partial charge in [-0.3, -0.25) is 4.79 Å². The van der Waals surface area contributed by atoms with Gasteiger partial charge in [-0.05, 0) is 55.0 Å². The van der Waals surface area contributed by atoms with Gasteiger partial charge in [-0.15, -0.1) is 0 Å². The molecule has 1 atom stereocenters. The van der Waals surface area contributed by atoms with Crippen molar-refractivity contribution in [2.75, 3.05) is 5.32 Å². The fourth-order valence-corrected chi connectivity index (χ4v) is 3.90. The Hall–Kier alpha value is -2.68. The number of carbonyl (C=O) groups is 1. The molecule has 3 heteroatoms. The van der Waals surface area contributed by atoms with E-state index in [4.69, 9.17) is 4.98 Å². The number of nitrogens with one attached hydrogen (secondary N) is 1. The molecular formula is C22H20N2O. The van der Waals surface area contributed by atoms with Crippen molar-refractivity contribution < 1.29 is 4.79 Å². The molecule has 0 aliphatic heterocycles. The lowest BCUT2D eigenvalue weighted by Gasteiger charge is -2.15. The van der Waals surface area contributed by atoms with Crippen LogP contribution in [0, 0.1) is 5.92 Å². The number of nitrogens with zero attached hydrogens (tertiary/aromatic N) is 1. The van der Waals surface area contributed by atoms with Gasteiger partial charge in [0.25, 0.3) is 0 Å². The molecule has 2 aliphatic rings. The smallest absolute Gasteiger partial charge is 0.166 e. The standard InChI is InChI=1S/C22H20N2O/c25-22(15-8-9-15)18-6-3-7-19-17(18)11-13-21(23-19)24-20-12-10-14-4-1-2-5-16(14)20/h1-7,11,13,15,20H,8-10,12H2,(H,23,24)/t20-/m1/s1. The molecule has 1 heterocycles. The third-order valence-corrected chi connectivity index (χ3v) is 5.40. The zero-order valence-electron chi connectivity index (χ0n) is 14.0.